The monoisotopic (exact) mass is 286 g/mol. The Balaban J connectivity index is 2.32. The zero-order valence-electron chi connectivity index (χ0n) is 11.7. The largest absolute Gasteiger partial charge is 0.396 e. The number of nitrogens with one attached hydrogen (secondary N) is 2. The van der Waals surface area contributed by atoms with Crippen molar-refractivity contribution in [2.24, 2.45) is 5.41 Å². The Bertz CT molecular complexity index is 464. The van der Waals surface area contributed by atoms with Crippen LogP contribution in [0.4, 0.5) is 19.3 Å². The van der Waals surface area contributed by atoms with Gasteiger partial charge in [0, 0.05) is 24.9 Å². The summed E-state index contributed by atoms with van der Waals surface area (Å²) in [7, 11) is 0. The molecule has 0 aromatic heterocycles. The molecular formula is C14H20F2N2O2. The Morgan fingerprint density at radius 3 is 2.60 bits per heavy atom. The maximum absolute atomic E-state index is 12.9. The fourth-order valence-corrected chi connectivity index (χ4v) is 1.60. The molecule has 0 atom stereocenters. The van der Waals surface area contributed by atoms with E-state index in [9.17, 15) is 13.6 Å². The van der Waals surface area contributed by atoms with Gasteiger partial charge in [-0.3, -0.25) is 0 Å². The van der Waals surface area contributed by atoms with E-state index in [2.05, 4.69) is 10.6 Å². The second-order valence-corrected chi connectivity index (χ2v) is 5.44. The van der Waals surface area contributed by atoms with Crippen molar-refractivity contribution in [3.8, 4) is 0 Å². The van der Waals surface area contributed by atoms with Crippen LogP contribution < -0.4 is 10.6 Å². The Kier molecular flexibility index (Phi) is 5.88. The number of amides is 2. The second-order valence-electron chi connectivity index (χ2n) is 5.44. The number of anilines is 1. The first kappa shape index (κ1) is 16.4. The third-order valence-electron chi connectivity index (χ3n) is 2.92. The van der Waals surface area contributed by atoms with Gasteiger partial charge in [-0.1, -0.05) is 13.8 Å². The van der Waals surface area contributed by atoms with Gasteiger partial charge in [0.15, 0.2) is 11.6 Å². The van der Waals surface area contributed by atoms with Crippen LogP contribution in [-0.4, -0.2) is 24.3 Å². The summed E-state index contributed by atoms with van der Waals surface area (Å²) in [6.07, 6.45) is 1.49. The van der Waals surface area contributed by atoms with Gasteiger partial charge in [-0.15, -0.1) is 0 Å². The van der Waals surface area contributed by atoms with E-state index in [0.717, 1.165) is 25.0 Å². The van der Waals surface area contributed by atoms with Crippen LogP contribution >= 0.6 is 0 Å². The molecule has 0 bridgehead atoms. The normalized spacial score (nSPS) is 11.2. The molecule has 0 aliphatic rings. The van der Waals surface area contributed by atoms with Crippen molar-refractivity contribution in [3.05, 3.63) is 29.8 Å². The highest BCUT2D eigenvalue weighted by atomic mass is 19.2. The van der Waals surface area contributed by atoms with Crippen LogP contribution in [0.5, 0.6) is 0 Å². The summed E-state index contributed by atoms with van der Waals surface area (Å²) in [5.74, 6) is -1.96. The Morgan fingerprint density at radius 1 is 1.30 bits per heavy atom. The van der Waals surface area contributed by atoms with Gasteiger partial charge in [-0.25, -0.2) is 13.6 Å². The van der Waals surface area contributed by atoms with Crippen molar-refractivity contribution >= 4 is 11.7 Å². The molecule has 112 valence electrons. The van der Waals surface area contributed by atoms with Crippen LogP contribution in [0.25, 0.3) is 0 Å². The molecule has 0 aliphatic heterocycles. The van der Waals surface area contributed by atoms with Gasteiger partial charge in [0.2, 0.25) is 0 Å². The van der Waals surface area contributed by atoms with Gasteiger partial charge in [-0.05, 0) is 30.4 Å². The summed E-state index contributed by atoms with van der Waals surface area (Å²) < 4.78 is 25.6. The van der Waals surface area contributed by atoms with Gasteiger partial charge < -0.3 is 15.7 Å². The zero-order valence-corrected chi connectivity index (χ0v) is 11.7. The molecule has 0 heterocycles. The quantitative estimate of drug-likeness (QED) is 0.704. The van der Waals surface area contributed by atoms with Crippen LogP contribution in [0.3, 0.4) is 0 Å². The number of hydrogen-bond donors (Lipinski definition) is 3. The van der Waals surface area contributed by atoms with Crippen molar-refractivity contribution < 1.29 is 18.7 Å². The lowest BCUT2D eigenvalue weighted by Gasteiger charge is -2.21. The molecular weight excluding hydrogens is 266 g/mol. The summed E-state index contributed by atoms with van der Waals surface area (Å²) in [6, 6.07) is 2.68. The lowest BCUT2D eigenvalue weighted by Crippen LogP contribution is -2.30. The Morgan fingerprint density at radius 2 is 2.00 bits per heavy atom. The first-order valence-corrected chi connectivity index (χ1v) is 6.45. The fourth-order valence-electron chi connectivity index (χ4n) is 1.60. The van der Waals surface area contributed by atoms with Crippen LogP contribution in [0.1, 0.15) is 26.7 Å². The summed E-state index contributed by atoms with van der Waals surface area (Å²) >= 11 is 0. The molecule has 0 aliphatic carbocycles. The number of hydrogen-bond acceptors (Lipinski definition) is 2. The molecule has 6 heteroatoms. The molecule has 1 aromatic carbocycles. The summed E-state index contributed by atoms with van der Waals surface area (Å²) in [6.45, 7) is 4.41. The SMILES string of the molecule is CC(C)(CO)CCCNC(=O)Nc1ccc(F)c(F)c1. The van der Waals surface area contributed by atoms with Crippen molar-refractivity contribution in [2.45, 2.75) is 26.7 Å². The Hall–Kier alpha value is -1.69. The average molecular weight is 286 g/mol. The molecule has 1 rings (SSSR count). The van der Waals surface area contributed by atoms with E-state index in [-0.39, 0.29) is 17.7 Å². The topological polar surface area (TPSA) is 61.4 Å². The third kappa shape index (κ3) is 5.52. The second kappa shape index (κ2) is 7.19. The number of urea groups is 1. The van der Waals surface area contributed by atoms with Crippen LogP contribution in [-0.2, 0) is 0 Å². The molecule has 0 unspecified atom stereocenters. The molecule has 0 saturated heterocycles. The van der Waals surface area contributed by atoms with E-state index >= 15 is 0 Å². The minimum absolute atomic E-state index is 0.0913. The predicted molar refractivity (Wildman–Crippen MR) is 73.5 cm³/mol. The highest BCUT2D eigenvalue weighted by Gasteiger charge is 2.15. The van der Waals surface area contributed by atoms with Crippen LogP contribution in [0, 0.1) is 17.0 Å². The van der Waals surface area contributed by atoms with Gasteiger partial charge in [0.05, 0.1) is 0 Å². The van der Waals surface area contributed by atoms with E-state index in [0.29, 0.717) is 6.54 Å². The highest BCUT2D eigenvalue weighted by molar-refractivity contribution is 5.89. The van der Waals surface area contributed by atoms with E-state index in [1.807, 2.05) is 13.8 Å². The van der Waals surface area contributed by atoms with E-state index in [1.165, 1.54) is 6.07 Å². The summed E-state index contributed by atoms with van der Waals surface area (Å²) in [4.78, 5) is 11.5. The standard InChI is InChI=1S/C14H20F2N2O2/c1-14(2,9-19)6-3-7-17-13(20)18-10-4-5-11(15)12(16)8-10/h4-5,8,19H,3,6-7,9H2,1-2H3,(H2,17,18,20). The molecule has 0 fully saturated rings. The van der Waals surface area contributed by atoms with E-state index in [1.54, 1.807) is 0 Å². The van der Waals surface area contributed by atoms with Crippen molar-refractivity contribution in [1.82, 2.24) is 5.32 Å². The van der Waals surface area contributed by atoms with Gasteiger partial charge in [0.1, 0.15) is 0 Å². The summed E-state index contributed by atoms with van der Waals surface area (Å²) in [5, 5.41) is 14.1. The molecule has 4 nitrogen and oxygen atoms in total. The minimum Gasteiger partial charge on any atom is -0.396 e. The predicted octanol–water partition coefficient (Wildman–Crippen LogP) is 2.89. The lowest BCUT2D eigenvalue weighted by molar-refractivity contribution is 0.148. The number of halogens is 2. The third-order valence-corrected chi connectivity index (χ3v) is 2.92. The van der Waals surface area contributed by atoms with Gasteiger partial charge in [-0.2, -0.15) is 0 Å². The van der Waals surface area contributed by atoms with Crippen molar-refractivity contribution in [2.75, 3.05) is 18.5 Å². The van der Waals surface area contributed by atoms with Crippen molar-refractivity contribution in [3.63, 3.8) is 0 Å². The number of aliphatic hydroxyl groups is 1. The van der Waals surface area contributed by atoms with Crippen LogP contribution in [0.15, 0.2) is 18.2 Å². The zero-order chi connectivity index (χ0) is 15.2. The molecule has 0 spiro atoms. The smallest absolute Gasteiger partial charge is 0.319 e. The fraction of sp³-hybridized carbons (Fsp3) is 0.500. The average Bonchev–Trinajstić information content (AvgIpc) is 2.39. The van der Waals surface area contributed by atoms with Crippen molar-refractivity contribution in [1.29, 1.82) is 0 Å². The molecule has 20 heavy (non-hydrogen) atoms. The molecule has 1 aromatic rings. The number of benzene rings is 1. The molecule has 0 saturated carbocycles. The first-order valence-electron chi connectivity index (χ1n) is 6.45. The maximum atomic E-state index is 12.9. The first-order chi connectivity index (χ1) is 9.34. The highest BCUT2D eigenvalue weighted by Crippen LogP contribution is 2.20. The van der Waals surface area contributed by atoms with E-state index < -0.39 is 17.7 Å². The minimum atomic E-state index is -1.01. The number of rotatable bonds is 6. The number of carbonyl (C=O) groups excluding carboxylic acids is 1. The van der Waals surface area contributed by atoms with E-state index in [4.69, 9.17) is 5.11 Å². The summed E-state index contributed by atoms with van der Waals surface area (Å²) in [5.41, 5.74) is 0.0233. The molecule has 0 radical (unpaired) electrons. The lowest BCUT2D eigenvalue weighted by atomic mass is 9.89. The number of carbonyl (C=O) groups is 1. The molecule has 3 N–H and O–H groups in total. The van der Waals surface area contributed by atoms with Gasteiger partial charge in [0.25, 0.3) is 0 Å². The number of aliphatic hydroxyl groups excluding tert-OH is 1. The Labute approximate surface area is 117 Å². The van der Waals surface area contributed by atoms with Crippen LogP contribution in [0.2, 0.25) is 0 Å². The van der Waals surface area contributed by atoms with Gasteiger partial charge >= 0.3 is 6.03 Å². The molecule has 2 amide bonds. The maximum Gasteiger partial charge on any atom is 0.319 e.